The molecular weight excluding hydrogens is 426 g/mol. The monoisotopic (exact) mass is 457 g/mol. The molecule has 0 N–H and O–H groups in total. The van der Waals surface area contributed by atoms with Crippen LogP contribution in [0.15, 0.2) is 72.8 Å². The maximum atomic E-state index is 14.0. The SMILES string of the molecule is COC(=O)C1(Cc2ccccc2)c2ccccc2CN1C(=O)c1ccc(C(C)(C)C)c(OC)c1. The van der Waals surface area contributed by atoms with E-state index in [1.54, 1.807) is 18.1 Å². The van der Waals surface area contributed by atoms with E-state index in [1.807, 2.05) is 66.7 Å². The quantitative estimate of drug-likeness (QED) is 0.491. The molecule has 0 fully saturated rings. The number of nitrogens with zero attached hydrogens (tertiary/aromatic N) is 1. The Hall–Kier alpha value is -3.60. The van der Waals surface area contributed by atoms with Crippen molar-refractivity contribution in [1.29, 1.82) is 0 Å². The van der Waals surface area contributed by atoms with Crippen LogP contribution in [0.25, 0.3) is 0 Å². The van der Waals surface area contributed by atoms with E-state index in [0.717, 1.165) is 22.3 Å². The summed E-state index contributed by atoms with van der Waals surface area (Å²) < 4.78 is 11.0. The predicted molar refractivity (Wildman–Crippen MR) is 132 cm³/mol. The first-order valence-corrected chi connectivity index (χ1v) is 11.4. The molecule has 1 unspecified atom stereocenters. The van der Waals surface area contributed by atoms with Gasteiger partial charge in [-0.3, -0.25) is 4.79 Å². The molecule has 0 bridgehead atoms. The first kappa shape index (κ1) is 23.6. The molecule has 0 aliphatic carbocycles. The first-order chi connectivity index (χ1) is 16.2. The van der Waals surface area contributed by atoms with Gasteiger partial charge in [0.05, 0.1) is 14.2 Å². The Morgan fingerprint density at radius 1 is 0.941 bits per heavy atom. The fourth-order valence-electron chi connectivity index (χ4n) is 4.90. The summed E-state index contributed by atoms with van der Waals surface area (Å²) >= 11 is 0. The van der Waals surface area contributed by atoms with Crippen molar-refractivity contribution in [2.75, 3.05) is 14.2 Å². The van der Waals surface area contributed by atoms with Gasteiger partial charge in [0.2, 0.25) is 0 Å². The standard InChI is InChI=1S/C29H31NO4/c1-28(2,3)24-16-15-21(17-25(24)33-4)26(31)30-19-22-13-9-10-14-23(22)29(30,27(32)34-5)18-20-11-7-6-8-12-20/h6-17H,18-19H2,1-5H3. The van der Waals surface area contributed by atoms with Crippen LogP contribution in [0.1, 0.15) is 53.4 Å². The van der Waals surface area contributed by atoms with Crippen molar-refractivity contribution in [1.82, 2.24) is 4.90 Å². The van der Waals surface area contributed by atoms with Gasteiger partial charge in [-0.15, -0.1) is 0 Å². The molecule has 0 radical (unpaired) electrons. The van der Waals surface area contributed by atoms with Gasteiger partial charge in [-0.05, 0) is 39.8 Å². The highest BCUT2D eigenvalue weighted by Crippen LogP contribution is 2.44. The predicted octanol–water partition coefficient (Wildman–Crippen LogP) is 5.26. The molecule has 0 saturated heterocycles. The molecule has 1 atom stereocenters. The van der Waals surface area contributed by atoms with Crippen molar-refractivity contribution in [2.45, 2.75) is 44.7 Å². The molecule has 0 saturated carbocycles. The average Bonchev–Trinajstić information content (AvgIpc) is 3.17. The van der Waals surface area contributed by atoms with E-state index in [2.05, 4.69) is 20.8 Å². The summed E-state index contributed by atoms with van der Waals surface area (Å²) in [6.07, 6.45) is 0.320. The summed E-state index contributed by atoms with van der Waals surface area (Å²) in [4.78, 5) is 29.2. The van der Waals surface area contributed by atoms with Gasteiger partial charge in [0.25, 0.3) is 5.91 Å². The van der Waals surface area contributed by atoms with Gasteiger partial charge in [0, 0.05) is 18.5 Å². The van der Waals surface area contributed by atoms with Crippen LogP contribution in [0, 0.1) is 0 Å². The Labute approximate surface area is 201 Å². The number of amides is 1. The Morgan fingerprint density at radius 3 is 2.26 bits per heavy atom. The number of benzene rings is 3. The molecule has 5 nitrogen and oxygen atoms in total. The van der Waals surface area contributed by atoms with E-state index in [1.165, 1.54) is 7.11 Å². The number of hydrogen-bond acceptors (Lipinski definition) is 4. The molecule has 0 spiro atoms. The van der Waals surface area contributed by atoms with Crippen molar-refractivity contribution < 1.29 is 19.1 Å². The van der Waals surface area contributed by atoms with Gasteiger partial charge in [0.1, 0.15) is 5.75 Å². The second-order valence-electron chi connectivity index (χ2n) is 9.73. The van der Waals surface area contributed by atoms with E-state index < -0.39 is 11.5 Å². The number of fused-ring (bicyclic) bond motifs is 1. The van der Waals surface area contributed by atoms with Gasteiger partial charge in [-0.1, -0.05) is 81.4 Å². The van der Waals surface area contributed by atoms with Crippen molar-refractivity contribution >= 4 is 11.9 Å². The lowest BCUT2D eigenvalue weighted by Gasteiger charge is -2.37. The molecular formula is C29H31NO4. The van der Waals surface area contributed by atoms with E-state index in [9.17, 15) is 9.59 Å². The van der Waals surface area contributed by atoms with Crippen molar-refractivity contribution in [2.24, 2.45) is 0 Å². The van der Waals surface area contributed by atoms with Gasteiger partial charge in [-0.2, -0.15) is 0 Å². The molecule has 3 aromatic carbocycles. The van der Waals surface area contributed by atoms with E-state index in [-0.39, 0.29) is 11.3 Å². The van der Waals surface area contributed by atoms with Crippen LogP contribution in [-0.2, 0) is 33.5 Å². The average molecular weight is 458 g/mol. The summed E-state index contributed by atoms with van der Waals surface area (Å²) in [6, 6.07) is 23.0. The molecule has 1 amide bonds. The second kappa shape index (κ2) is 8.98. The summed E-state index contributed by atoms with van der Waals surface area (Å²) in [5.74, 6) is -0.0361. The zero-order valence-electron chi connectivity index (χ0n) is 20.4. The molecule has 1 heterocycles. The van der Waals surface area contributed by atoms with Crippen LogP contribution in [0.3, 0.4) is 0 Å². The molecule has 4 rings (SSSR count). The molecule has 1 aliphatic heterocycles. The molecule has 5 heteroatoms. The molecule has 0 aromatic heterocycles. The maximum Gasteiger partial charge on any atom is 0.336 e. The molecule has 34 heavy (non-hydrogen) atoms. The van der Waals surface area contributed by atoms with Gasteiger partial charge >= 0.3 is 5.97 Å². The molecule has 3 aromatic rings. The highest BCUT2D eigenvalue weighted by Gasteiger charge is 2.54. The highest BCUT2D eigenvalue weighted by molar-refractivity contribution is 6.00. The number of rotatable bonds is 5. The Balaban J connectivity index is 1.86. The Morgan fingerprint density at radius 2 is 1.62 bits per heavy atom. The van der Waals surface area contributed by atoms with Crippen LogP contribution in [0.2, 0.25) is 0 Å². The van der Waals surface area contributed by atoms with E-state index >= 15 is 0 Å². The third-order valence-electron chi connectivity index (χ3n) is 6.58. The number of methoxy groups -OCH3 is 2. The van der Waals surface area contributed by atoms with Gasteiger partial charge < -0.3 is 14.4 Å². The number of hydrogen-bond donors (Lipinski definition) is 0. The molecule has 1 aliphatic rings. The lowest BCUT2D eigenvalue weighted by atomic mass is 9.83. The van der Waals surface area contributed by atoms with Crippen LogP contribution >= 0.6 is 0 Å². The number of esters is 1. The lowest BCUT2D eigenvalue weighted by Crippen LogP contribution is -2.52. The fraction of sp³-hybridized carbons (Fsp3) is 0.310. The third-order valence-corrected chi connectivity index (χ3v) is 6.58. The van der Waals surface area contributed by atoms with Gasteiger partial charge in [-0.25, -0.2) is 4.79 Å². The minimum atomic E-state index is -1.26. The largest absolute Gasteiger partial charge is 0.496 e. The van der Waals surface area contributed by atoms with Crippen LogP contribution in [-0.4, -0.2) is 31.0 Å². The minimum Gasteiger partial charge on any atom is -0.496 e. The zero-order chi connectivity index (χ0) is 24.5. The molecule has 176 valence electrons. The Bertz CT molecular complexity index is 1210. The van der Waals surface area contributed by atoms with Crippen molar-refractivity contribution in [3.05, 3.63) is 101 Å². The normalized spacial score (nSPS) is 17.3. The smallest absolute Gasteiger partial charge is 0.336 e. The van der Waals surface area contributed by atoms with Crippen LogP contribution in [0.4, 0.5) is 0 Å². The van der Waals surface area contributed by atoms with E-state index in [4.69, 9.17) is 9.47 Å². The summed E-state index contributed by atoms with van der Waals surface area (Å²) in [5.41, 5.74) is 2.77. The fourth-order valence-corrected chi connectivity index (χ4v) is 4.90. The minimum absolute atomic E-state index is 0.139. The maximum absolute atomic E-state index is 14.0. The number of carbonyl (C=O) groups is 2. The van der Waals surface area contributed by atoms with E-state index in [0.29, 0.717) is 24.3 Å². The topological polar surface area (TPSA) is 55.8 Å². The highest BCUT2D eigenvalue weighted by atomic mass is 16.5. The summed E-state index contributed by atoms with van der Waals surface area (Å²) in [6.45, 7) is 6.63. The zero-order valence-corrected chi connectivity index (χ0v) is 20.4. The van der Waals surface area contributed by atoms with Crippen molar-refractivity contribution in [3.8, 4) is 5.75 Å². The van der Waals surface area contributed by atoms with Crippen LogP contribution < -0.4 is 4.74 Å². The van der Waals surface area contributed by atoms with Crippen LogP contribution in [0.5, 0.6) is 5.75 Å². The third kappa shape index (κ3) is 3.96. The first-order valence-electron chi connectivity index (χ1n) is 11.4. The number of ether oxygens (including phenoxy) is 2. The summed E-state index contributed by atoms with van der Waals surface area (Å²) in [5, 5.41) is 0. The number of carbonyl (C=O) groups excluding carboxylic acids is 2. The summed E-state index contributed by atoms with van der Waals surface area (Å²) in [7, 11) is 2.98. The Kier molecular flexibility index (Phi) is 6.22. The van der Waals surface area contributed by atoms with Gasteiger partial charge in [0.15, 0.2) is 5.54 Å². The lowest BCUT2D eigenvalue weighted by molar-refractivity contribution is -0.154. The van der Waals surface area contributed by atoms with Crippen molar-refractivity contribution in [3.63, 3.8) is 0 Å². The second-order valence-corrected chi connectivity index (χ2v) is 9.73.